The van der Waals surface area contributed by atoms with Gasteiger partial charge in [-0.15, -0.1) is 0 Å². The van der Waals surface area contributed by atoms with Crippen molar-refractivity contribution < 1.29 is 17.9 Å². The van der Waals surface area contributed by atoms with Crippen molar-refractivity contribution in [2.24, 2.45) is 5.92 Å². The highest BCUT2D eigenvalue weighted by Crippen LogP contribution is 2.20. The van der Waals surface area contributed by atoms with Crippen LogP contribution in [-0.2, 0) is 14.8 Å². The van der Waals surface area contributed by atoms with E-state index < -0.39 is 10.0 Å². The first-order valence-corrected chi connectivity index (χ1v) is 12.8. The normalized spacial score (nSPS) is 20.0. The molecule has 2 fully saturated rings. The molecule has 2 aliphatic rings. The number of nitrogens with one attached hydrogen (secondary N) is 1. The summed E-state index contributed by atoms with van der Waals surface area (Å²) >= 11 is 0. The predicted octanol–water partition coefficient (Wildman–Crippen LogP) is 1.84. The summed E-state index contributed by atoms with van der Waals surface area (Å²) in [7, 11) is -3.51. The number of benzene rings is 1. The maximum absolute atomic E-state index is 12.8. The predicted molar refractivity (Wildman–Crippen MR) is 120 cm³/mol. The average molecular weight is 453 g/mol. The van der Waals surface area contributed by atoms with E-state index in [9.17, 15) is 13.2 Å². The van der Waals surface area contributed by atoms with Crippen LogP contribution in [0.5, 0.6) is 0 Å². The number of urea groups is 1. The highest BCUT2D eigenvalue weighted by atomic mass is 32.2. The minimum Gasteiger partial charge on any atom is -0.379 e. The van der Waals surface area contributed by atoms with E-state index in [4.69, 9.17) is 4.74 Å². The fourth-order valence-corrected chi connectivity index (χ4v) is 5.96. The molecule has 8 nitrogen and oxygen atoms in total. The second kappa shape index (κ2) is 11.3. The third kappa shape index (κ3) is 5.97. The van der Waals surface area contributed by atoms with Crippen LogP contribution < -0.4 is 5.32 Å². The monoisotopic (exact) mass is 452 g/mol. The fourth-order valence-electron chi connectivity index (χ4n) is 4.51. The van der Waals surface area contributed by atoms with Crippen LogP contribution in [0.4, 0.5) is 4.79 Å². The van der Waals surface area contributed by atoms with E-state index >= 15 is 0 Å². The van der Waals surface area contributed by atoms with Crippen LogP contribution in [0.3, 0.4) is 0 Å². The van der Waals surface area contributed by atoms with Crippen molar-refractivity contribution in [2.75, 3.05) is 59.0 Å². The number of hydrogen-bond donors (Lipinski definition) is 1. The van der Waals surface area contributed by atoms with Gasteiger partial charge >= 0.3 is 6.03 Å². The van der Waals surface area contributed by atoms with E-state index in [1.807, 2.05) is 0 Å². The number of ether oxygens (including phenoxy) is 1. The van der Waals surface area contributed by atoms with Gasteiger partial charge in [0, 0.05) is 51.9 Å². The van der Waals surface area contributed by atoms with Crippen molar-refractivity contribution in [2.45, 2.75) is 37.6 Å². The molecule has 174 valence electrons. The number of carbonyl (C=O) groups is 1. The molecule has 0 spiro atoms. The summed E-state index contributed by atoms with van der Waals surface area (Å²) in [6, 6.07) is 8.65. The van der Waals surface area contributed by atoms with Gasteiger partial charge in [0.1, 0.15) is 0 Å². The first-order chi connectivity index (χ1) is 15.0. The zero-order valence-electron chi connectivity index (χ0n) is 18.7. The molecule has 0 aromatic heterocycles. The molecule has 0 aliphatic carbocycles. The number of piperazine rings is 1. The second-order valence-electron chi connectivity index (χ2n) is 8.18. The second-order valence-corrected chi connectivity index (χ2v) is 10.1. The standard InChI is InChI=1S/C22H36N4O4S/c1-3-19(4-2)21(24-14-16-30-17-15-24)18-23-22(27)25-10-12-26(13-11-25)31(28,29)20-8-6-5-7-9-20/h5-9,19,21H,3-4,10-18H2,1-2H3,(H,23,27)/t21-/m0/s1. The minimum atomic E-state index is -3.51. The Hall–Kier alpha value is -1.68. The van der Waals surface area contributed by atoms with Crippen molar-refractivity contribution >= 4 is 16.1 Å². The van der Waals surface area contributed by atoms with Crippen molar-refractivity contribution in [1.82, 2.24) is 19.4 Å². The van der Waals surface area contributed by atoms with Crippen LogP contribution in [0.2, 0.25) is 0 Å². The third-order valence-electron chi connectivity index (χ3n) is 6.48. The van der Waals surface area contributed by atoms with Crippen LogP contribution in [0.25, 0.3) is 0 Å². The van der Waals surface area contributed by atoms with E-state index in [-0.39, 0.29) is 6.03 Å². The Morgan fingerprint density at radius 2 is 1.61 bits per heavy atom. The maximum atomic E-state index is 12.8. The summed E-state index contributed by atoms with van der Waals surface area (Å²) in [5, 5.41) is 3.12. The molecule has 3 rings (SSSR count). The Morgan fingerprint density at radius 3 is 2.19 bits per heavy atom. The quantitative estimate of drug-likeness (QED) is 0.651. The molecular formula is C22H36N4O4S. The molecule has 31 heavy (non-hydrogen) atoms. The summed E-state index contributed by atoms with van der Waals surface area (Å²) in [5.41, 5.74) is 0. The SMILES string of the molecule is CCC(CC)[C@H](CNC(=O)N1CCN(S(=O)(=O)c2ccccc2)CC1)N1CCOCC1. The Balaban J connectivity index is 1.54. The third-order valence-corrected chi connectivity index (χ3v) is 8.39. The first-order valence-electron chi connectivity index (χ1n) is 11.4. The number of morpholine rings is 1. The highest BCUT2D eigenvalue weighted by molar-refractivity contribution is 7.89. The van der Waals surface area contributed by atoms with Gasteiger partial charge in [0.15, 0.2) is 0 Å². The van der Waals surface area contributed by atoms with E-state index in [1.165, 1.54) is 4.31 Å². The summed E-state index contributed by atoms with van der Waals surface area (Å²) < 4.78 is 32.5. The van der Waals surface area contributed by atoms with Gasteiger partial charge in [-0.1, -0.05) is 44.9 Å². The molecule has 1 atom stereocenters. The molecule has 2 saturated heterocycles. The molecule has 1 aromatic rings. The lowest BCUT2D eigenvalue weighted by Gasteiger charge is -2.39. The number of sulfonamides is 1. The van der Waals surface area contributed by atoms with Gasteiger partial charge < -0.3 is 15.0 Å². The number of carbonyl (C=O) groups excluding carboxylic acids is 1. The van der Waals surface area contributed by atoms with Crippen molar-refractivity contribution in [1.29, 1.82) is 0 Å². The molecule has 0 radical (unpaired) electrons. The number of nitrogens with zero attached hydrogens (tertiary/aromatic N) is 3. The summed E-state index contributed by atoms with van der Waals surface area (Å²) in [6.07, 6.45) is 2.15. The van der Waals surface area contributed by atoms with E-state index in [1.54, 1.807) is 35.2 Å². The summed E-state index contributed by atoms with van der Waals surface area (Å²) in [5.74, 6) is 0.520. The van der Waals surface area contributed by atoms with Gasteiger partial charge in [0.05, 0.1) is 18.1 Å². The summed E-state index contributed by atoms with van der Waals surface area (Å²) in [4.78, 5) is 17.3. The van der Waals surface area contributed by atoms with Gasteiger partial charge in [-0.05, 0) is 18.1 Å². The Morgan fingerprint density at radius 1 is 1.00 bits per heavy atom. The van der Waals surface area contributed by atoms with Crippen LogP contribution in [0, 0.1) is 5.92 Å². The molecule has 2 heterocycles. The van der Waals surface area contributed by atoms with Crippen LogP contribution >= 0.6 is 0 Å². The van der Waals surface area contributed by atoms with Crippen molar-refractivity contribution in [3.63, 3.8) is 0 Å². The van der Waals surface area contributed by atoms with Crippen LogP contribution in [-0.4, -0.2) is 93.6 Å². The Kier molecular flexibility index (Phi) is 8.71. The van der Waals surface area contributed by atoms with Gasteiger partial charge in [0.25, 0.3) is 0 Å². The zero-order valence-corrected chi connectivity index (χ0v) is 19.5. The van der Waals surface area contributed by atoms with Crippen molar-refractivity contribution in [3.8, 4) is 0 Å². The number of amides is 2. The van der Waals surface area contributed by atoms with Gasteiger partial charge in [-0.25, -0.2) is 13.2 Å². The van der Waals surface area contributed by atoms with E-state index in [2.05, 4.69) is 24.1 Å². The minimum absolute atomic E-state index is 0.110. The van der Waals surface area contributed by atoms with Gasteiger partial charge in [-0.2, -0.15) is 4.31 Å². The number of hydrogen-bond acceptors (Lipinski definition) is 5. The molecule has 0 saturated carbocycles. The smallest absolute Gasteiger partial charge is 0.317 e. The topological polar surface area (TPSA) is 82.2 Å². The average Bonchev–Trinajstić information content (AvgIpc) is 2.82. The highest BCUT2D eigenvalue weighted by Gasteiger charge is 2.31. The molecule has 0 bridgehead atoms. The van der Waals surface area contributed by atoms with Crippen molar-refractivity contribution in [3.05, 3.63) is 30.3 Å². The molecule has 1 N–H and O–H groups in total. The van der Waals surface area contributed by atoms with Gasteiger partial charge in [-0.3, -0.25) is 4.90 Å². The molecular weight excluding hydrogens is 416 g/mol. The lowest BCUT2D eigenvalue weighted by Crippen LogP contribution is -2.56. The Bertz CT molecular complexity index is 787. The lowest BCUT2D eigenvalue weighted by molar-refractivity contribution is 0.00205. The summed E-state index contributed by atoms with van der Waals surface area (Å²) in [6.45, 7) is 9.69. The van der Waals surface area contributed by atoms with E-state index in [0.717, 1.165) is 39.1 Å². The molecule has 9 heteroatoms. The van der Waals surface area contributed by atoms with Gasteiger partial charge in [0.2, 0.25) is 10.0 Å². The fraction of sp³-hybridized carbons (Fsp3) is 0.682. The largest absolute Gasteiger partial charge is 0.379 e. The van der Waals surface area contributed by atoms with Crippen LogP contribution in [0.1, 0.15) is 26.7 Å². The zero-order chi connectivity index (χ0) is 22.3. The first kappa shape index (κ1) is 24.0. The molecule has 0 unspecified atom stereocenters. The number of rotatable bonds is 8. The maximum Gasteiger partial charge on any atom is 0.317 e. The van der Waals surface area contributed by atoms with E-state index in [0.29, 0.717) is 49.6 Å². The van der Waals surface area contributed by atoms with Crippen LogP contribution in [0.15, 0.2) is 35.2 Å². The lowest BCUT2D eigenvalue weighted by atomic mass is 9.92. The molecule has 1 aromatic carbocycles. The molecule has 2 aliphatic heterocycles. The molecule has 2 amide bonds. The Labute approximate surface area is 186 Å².